The summed E-state index contributed by atoms with van der Waals surface area (Å²) in [6.07, 6.45) is 2.52. The van der Waals surface area contributed by atoms with Crippen LogP contribution >= 0.6 is 11.6 Å². The topological polar surface area (TPSA) is 61.7 Å². The maximum Gasteiger partial charge on any atom is 0.275 e. The van der Waals surface area contributed by atoms with Gasteiger partial charge in [-0.1, -0.05) is 42.8 Å². The van der Waals surface area contributed by atoms with Crippen LogP contribution in [0.2, 0.25) is 5.02 Å². The van der Waals surface area contributed by atoms with Gasteiger partial charge in [0.25, 0.3) is 5.91 Å². The third-order valence-electron chi connectivity index (χ3n) is 2.97. The number of nitrogens with one attached hydrogen (secondary N) is 1. The van der Waals surface area contributed by atoms with Crippen molar-refractivity contribution in [3.63, 3.8) is 0 Å². The number of hydrogen-bond acceptors (Lipinski definition) is 3. The van der Waals surface area contributed by atoms with Gasteiger partial charge in [-0.3, -0.25) is 4.79 Å². The van der Waals surface area contributed by atoms with Gasteiger partial charge in [0.15, 0.2) is 0 Å². The molecule has 0 bridgehead atoms. The van der Waals surface area contributed by atoms with Gasteiger partial charge in [0, 0.05) is 5.02 Å². The van der Waals surface area contributed by atoms with Gasteiger partial charge < -0.3 is 5.11 Å². The van der Waals surface area contributed by atoms with E-state index in [1.54, 1.807) is 6.21 Å². The Labute approximate surface area is 128 Å². The lowest BCUT2D eigenvalue weighted by atomic mass is 10.1. The van der Waals surface area contributed by atoms with Crippen LogP contribution in [0.4, 0.5) is 0 Å². The fraction of sp³-hybridized carbons (Fsp3) is 0.125. The molecule has 0 fully saturated rings. The molecule has 2 aromatic carbocycles. The van der Waals surface area contributed by atoms with Crippen LogP contribution in [-0.4, -0.2) is 17.2 Å². The number of amides is 1. The van der Waals surface area contributed by atoms with Gasteiger partial charge in [0.1, 0.15) is 5.75 Å². The number of phenols is 1. The molecule has 4 nitrogen and oxygen atoms in total. The van der Waals surface area contributed by atoms with Crippen LogP contribution in [0.1, 0.15) is 28.4 Å². The van der Waals surface area contributed by atoms with Crippen molar-refractivity contribution >= 4 is 23.7 Å². The minimum absolute atomic E-state index is 0.0842. The van der Waals surface area contributed by atoms with Gasteiger partial charge in [-0.15, -0.1) is 0 Å². The lowest BCUT2D eigenvalue weighted by molar-refractivity contribution is 0.0952. The number of carbonyl (C=O) groups is 1. The standard InChI is InChI=1S/C16H15ClN2O2/c1-2-11-3-5-12(6-4-11)10-18-19-16(21)14-9-13(17)7-8-15(14)20/h3-10,20H,2H2,1H3,(H,19,21)/b18-10+. The molecule has 2 aromatic rings. The van der Waals surface area contributed by atoms with Gasteiger partial charge in [0.05, 0.1) is 11.8 Å². The molecule has 2 N–H and O–H groups in total. The normalized spacial score (nSPS) is 10.8. The van der Waals surface area contributed by atoms with Gasteiger partial charge >= 0.3 is 0 Å². The largest absolute Gasteiger partial charge is 0.507 e. The lowest BCUT2D eigenvalue weighted by Gasteiger charge is -2.03. The first-order chi connectivity index (χ1) is 10.1. The molecule has 5 heteroatoms. The van der Waals surface area contributed by atoms with E-state index in [0.717, 1.165) is 12.0 Å². The number of halogens is 1. The molecule has 2 rings (SSSR count). The molecule has 0 aromatic heterocycles. The Bertz CT molecular complexity index is 666. The molecule has 108 valence electrons. The van der Waals surface area contributed by atoms with Crippen LogP contribution in [0.15, 0.2) is 47.6 Å². The Balaban J connectivity index is 2.02. The maximum absolute atomic E-state index is 11.9. The van der Waals surface area contributed by atoms with Crippen LogP contribution < -0.4 is 5.43 Å². The molecular weight excluding hydrogens is 288 g/mol. The van der Waals surface area contributed by atoms with Crippen molar-refractivity contribution in [3.8, 4) is 5.75 Å². The van der Waals surface area contributed by atoms with E-state index in [9.17, 15) is 9.90 Å². The van der Waals surface area contributed by atoms with Gasteiger partial charge in [0.2, 0.25) is 0 Å². The summed E-state index contributed by atoms with van der Waals surface area (Å²) < 4.78 is 0. The van der Waals surface area contributed by atoms with Crippen LogP contribution in [-0.2, 0) is 6.42 Å². The Hall–Kier alpha value is -2.33. The van der Waals surface area contributed by atoms with Crippen molar-refractivity contribution < 1.29 is 9.90 Å². The van der Waals surface area contributed by atoms with Crippen molar-refractivity contribution in [1.29, 1.82) is 0 Å². The van der Waals surface area contributed by atoms with Gasteiger partial charge in [-0.05, 0) is 35.7 Å². The minimum Gasteiger partial charge on any atom is -0.507 e. The number of phenolic OH excluding ortho intramolecular Hbond substituents is 1. The minimum atomic E-state index is -0.517. The highest BCUT2D eigenvalue weighted by atomic mass is 35.5. The van der Waals surface area contributed by atoms with Crippen LogP contribution in [0.25, 0.3) is 0 Å². The first-order valence-corrected chi connectivity index (χ1v) is 6.89. The summed E-state index contributed by atoms with van der Waals surface area (Å²) >= 11 is 5.79. The molecule has 0 aliphatic heterocycles. The fourth-order valence-corrected chi connectivity index (χ4v) is 1.93. The molecule has 21 heavy (non-hydrogen) atoms. The summed E-state index contributed by atoms with van der Waals surface area (Å²) in [5, 5.41) is 13.8. The van der Waals surface area contributed by atoms with Crippen molar-refractivity contribution in [2.24, 2.45) is 5.10 Å². The molecule has 0 spiro atoms. The zero-order valence-corrected chi connectivity index (χ0v) is 12.3. The zero-order chi connectivity index (χ0) is 15.2. The van der Waals surface area contributed by atoms with Gasteiger partial charge in [-0.25, -0.2) is 5.43 Å². The number of aryl methyl sites for hydroxylation is 1. The fourth-order valence-electron chi connectivity index (χ4n) is 1.76. The molecule has 0 aliphatic carbocycles. The average molecular weight is 303 g/mol. The third kappa shape index (κ3) is 4.07. The summed E-state index contributed by atoms with van der Waals surface area (Å²) in [6, 6.07) is 12.1. The molecule has 0 radical (unpaired) electrons. The number of hydrazone groups is 1. The van der Waals surface area contributed by atoms with Gasteiger partial charge in [-0.2, -0.15) is 5.10 Å². The highest BCUT2D eigenvalue weighted by Gasteiger charge is 2.10. The summed E-state index contributed by atoms with van der Waals surface area (Å²) in [5.41, 5.74) is 4.55. The van der Waals surface area contributed by atoms with Crippen LogP contribution in [0, 0.1) is 0 Å². The number of carbonyl (C=O) groups excluding carboxylic acids is 1. The highest BCUT2D eigenvalue weighted by Crippen LogP contribution is 2.21. The summed E-state index contributed by atoms with van der Waals surface area (Å²) in [7, 11) is 0. The Morgan fingerprint density at radius 1 is 1.29 bits per heavy atom. The maximum atomic E-state index is 11.9. The van der Waals surface area contributed by atoms with E-state index in [-0.39, 0.29) is 11.3 Å². The van der Waals surface area contributed by atoms with Crippen LogP contribution in [0.5, 0.6) is 5.75 Å². The van der Waals surface area contributed by atoms with E-state index in [2.05, 4.69) is 17.5 Å². The number of aromatic hydroxyl groups is 1. The van der Waals surface area contributed by atoms with Crippen molar-refractivity contribution in [2.75, 3.05) is 0 Å². The molecule has 1 amide bonds. The SMILES string of the molecule is CCc1ccc(/C=N/NC(=O)c2cc(Cl)ccc2O)cc1. The van der Waals surface area contributed by atoms with E-state index in [4.69, 9.17) is 11.6 Å². The monoisotopic (exact) mass is 302 g/mol. The second-order valence-corrected chi connectivity index (χ2v) is 4.89. The highest BCUT2D eigenvalue weighted by molar-refractivity contribution is 6.31. The average Bonchev–Trinajstić information content (AvgIpc) is 2.50. The second-order valence-electron chi connectivity index (χ2n) is 4.46. The molecule has 0 saturated heterocycles. The molecule has 0 saturated carbocycles. The van der Waals surface area contributed by atoms with Crippen molar-refractivity contribution in [3.05, 3.63) is 64.2 Å². The summed E-state index contributed by atoms with van der Waals surface area (Å²) in [5.74, 6) is -0.657. The summed E-state index contributed by atoms with van der Waals surface area (Å²) in [6.45, 7) is 2.08. The van der Waals surface area contributed by atoms with E-state index >= 15 is 0 Å². The van der Waals surface area contributed by atoms with E-state index in [0.29, 0.717) is 5.02 Å². The lowest BCUT2D eigenvalue weighted by Crippen LogP contribution is -2.17. The Morgan fingerprint density at radius 3 is 2.67 bits per heavy atom. The Kier molecular flexibility index (Phi) is 4.95. The van der Waals surface area contributed by atoms with E-state index < -0.39 is 5.91 Å². The second kappa shape index (κ2) is 6.90. The number of rotatable bonds is 4. The molecule has 0 unspecified atom stereocenters. The number of hydrogen-bond donors (Lipinski definition) is 2. The first kappa shape index (κ1) is 15.1. The number of nitrogens with zero attached hydrogens (tertiary/aromatic N) is 1. The Morgan fingerprint density at radius 2 is 2.00 bits per heavy atom. The molecule has 0 aliphatic rings. The van der Waals surface area contributed by atoms with Crippen LogP contribution in [0.3, 0.4) is 0 Å². The van der Waals surface area contributed by atoms with E-state index in [1.165, 1.54) is 23.8 Å². The molecule has 0 atom stereocenters. The number of benzene rings is 2. The summed E-state index contributed by atoms with van der Waals surface area (Å²) in [4.78, 5) is 11.9. The predicted octanol–water partition coefficient (Wildman–Crippen LogP) is 3.37. The molecule has 0 heterocycles. The first-order valence-electron chi connectivity index (χ1n) is 6.51. The van der Waals surface area contributed by atoms with Crippen molar-refractivity contribution in [1.82, 2.24) is 5.43 Å². The zero-order valence-electron chi connectivity index (χ0n) is 11.5. The third-order valence-corrected chi connectivity index (χ3v) is 3.21. The quantitative estimate of drug-likeness (QED) is 0.672. The smallest absolute Gasteiger partial charge is 0.275 e. The van der Waals surface area contributed by atoms with Crippen molar-refractivity contribution in [2.45, 2.75) is 13.3 Å². The van der Waals surface area contributed by atoms with E-state index in [1.807, 2.05) is 24.3 Å². The predicted molar refractivity (Wildman–Crippen MR) is 84.0 cm³/mol. The molecular formula is C16H15ClN2O2.